The number of primary amides is 1. The van der Waals surface area contributed by atoms with E-state index in [0.29, 0.717) is 0 Å². The Morgan fingerprint density at radius 2 is 0.565 bits per heavy atom. The molecule has 0 aliphatic carbocycles. The van der Waals surface area contributed by atoms with Crippen molar-refractivity contribution in [2.24, 2.45) is 51.6 Å². The Balaban J connectivity index is 0.00000127. The van der Waals surface area contributed by atoms with Gasteiger partial charge in [0.25, 0.3) is 0 Å². The van der Waals surface area contributed by atoms with E-state index in [1.807, 2.05) is 30.3 Å². The molecule has 9 aliphatic heterocycles. The average molecular weight is 1670 g/mol. The summed E-state index contributed by atoms with van der Waals surface area (Å²) >= 11 is 0. The maximum absolute atomic E-state index is 12.8. The molecule has 0 spiro atoms. The van der Waals surface area contributed by atoms with Crippen LogP contribution in [0.25, 0.3) is 6.08 Å². The van der Waals surface area contributed by atoms with Crippen molar-refractivity contribution < 1.29 is 197 Å². The van der Waals surface area contributed by atoms with E-state index in [1.54, 1.807) is 6.08 Å². The van der Waals surface area contributed by atoms with Crippen LogP contribution in [0.2, 0.25) is 0 Å². The zero-order chi connectivity index (χ0) is 84.5. The SMILES string of the molecule is COC(=O)N[C@H]1[C@H](O[C@H]2[C@H](O)[C@@H](N)[C@H](O[C@H]3[C@H](O)[C@@H](N)[C@H](O)O[C@@H]3CO)O[C@@H]2CO)O[C@H](CO)[C@@H](O[C@@H]2O[C@H](CO)[C@@H](O[C@@H]3O[C@H](CO)[C@@H](O[C@@H]4O[C@H](CO)[C@@H](O[C@@H]5O[C@H](CO)[C@@H](O[C@@H]6O[C@H](CO)[C@@H](O[C@@H]7O[C@H](CO)[C@@H](O)[C@H](O)[C@H]7N)[C@H](O)[C@H]6N)[C@H](O)[C@H]5N)[C@H](O)[C@H]4N)[C@H](O)[C@H]3N)[C@H](O)[C@H]2N)[C@@H]1O.NC(=O)/C=C/c1ccccc1. The molecule has 9 fully saturated rings. The van der Waals surface area contributed by atoms with Crippen molar-refractivity contribution in [1.82, 2.24) is 5.32 Å². The number of alkyl carbamates (subject to hydrolysis) is 1. The quantitative estimate of drug-likeness (QED) is 0.0346. The zero-order valence-corrected chi connectivity index (χ0v) is 61.7. The highest BCUT2D eigenvalue weighted by atomic mass is 16.8. The monoisotopic (exact) mass is 1670 g/mol. The lowest BCUT2D eigenvalue weighted by Crippen LogP contribution is -2.71. The lowest BCUT2D eigenvalue weighted by molar-refractivity contribution is -0.372. The normalized spacial score (nSPS) is 48.0. The minimum absolute atomic E-state index is 0.422. The lowest BCUT2D eigenvalue weighted by Gasteiger charge is -2.51. The largest absolute Gasteiger partial charge is 0.453 e. The second kappa shape index (κ2) is 42.6. The van der Waals surface area contributed by atoms with Crippen LogP contribution in [-0.4, -0.2) is 456 Å². The van der Waals surface area contributed by atoms with Gasteiger partial charge in [-0.05, 0) is 11.6 Å². The smallest absolute Gasteiger partial charge is 0.407 e. The van der Waals surface area contributed by atoms with E-state index in [9.17, 15) is 112 Å². The van der Waals surface area contributed by atoms with Crippen LogP contribution in [0, 0.1) is 0 Å². The summed E-state index contributed by atoms with van der Waals surface area (Å²) in [6.07, 6.45) is -59.6. The Bertz CT molecular complexity index is 3130. The molecule has 50 heteroatoms. The van der Waals surface area contributed by atoms with Crippen LogP contribution >= 0.6 is 0 Å². The van der Waals surface area contributed by atoms with E-state index in [4.69, 9.17) is 137 Å². The Labute approximate surface area is 654 Å². The highest BCUT2D eigenvalue weighted by Gasteiger charge is 2.60. The van der Waals surface area contributed by atoms with Gasteiger partial charge in [0.15, 0.2) is 56.6 Å². The van der Waals surface area contributed by atoms with Crippen LogP contribution in [0.15, 0.2) is 36.4 Å². The summed E-state index contributed by atoms with van der Waals surface area (Å²) in [5, 5.41) is 219. The number of rotatable bonds is 28. The van der Waals surface area contributed by atoms with Gasteiger partial charge in [-0.1, -0.05) is 30.3 Å². The van der Waals surface area contributed by atoms with Crippen LogP contribution in [0.3, 0.4) is 0 Å². The molecule has 2 amide bonds. The number of aliphatic hydroxyl groups is 20. The average Bonchev–Trinajstić information content (AvgIpc) is 0.770. The number of nitrogens with two attached hydrogens (primary N) is 9. The van der Waals surface area contributed by atoms with Gasteiger partial charge in [0.1, 0.15) is 171 Å². The maximum Gasteiger partial charge on any atom is 0.407 e. The summed E-state index contributed by atoms with van der Waals surface area (Å²) in [6.45, 7) is -8.24. The summed E-state index contributed by atoms with van der Waals surface area (Å²) in [7, 11) is 0.957. The third kappa shape index (κ3) is 21.3. The standard InChI is InChI=1S/C56H103N9O39.C9H9NO/c1-87-56(86)65-28-38(84)46(19(10-74)96-55(28)104-45-18(9-73)95-49(27(64)37(45)83)97-39-12(3-67)88-47(85)20(57)31(39)77)103-54-26(63)36(82)44(17(8-72)94-54)102-53-25(62)35(81)43(16(7-71)93-53)101-52-24(61)34(80)42(15(6-70)92-52)100-51-23(60)33(79)41(14(5-69)91-51)99-50-22(59)32(78)40(13(4-68)90-50)98-48-21(58)30(76)29(75)11(2-66)89-48;10-9(11)7-6-8-4-2-1-3-5-8/h11-55,66-85H,2-10,57-64H2,1H3,(H,65,86);1-7H,(H2,10,11)/b;7-6+/t11-,12-,13-,14-,15-,16-,17-,18-,19-,20-,21-,22-,23-,24-,25-,26-,27-,28-,29-,30-,31-,32-,33-,34-,35-,36-,37-,38-,39-,40-,41-,42-,43-,44-,45-,46-,47-,48+,49+,50+,51+,52+,53+,54+,55+;/m1./s1. The first-order valence-corrected chi connectivity index (χ1v) is 36.7. The van der Waals surface area contributed by atoms with Gasteiger partial charge < -0.3 is 244 Å². The van der Waals surface area contributed by atoms with Crippen LogP contribution < -0.4 is 56.9 Å². The molecule has 0 radical (unpaired) electrons. The molecule has 0 aromatic heterocycles. The fraction of sp³-hybridized carbons (Fsp3) is 0.846. The van der Waals surface area contributed by atoms with Gasteiger partial charge in [-0.15, -0.1) is 0 Å². The molecule has 1 aromatic carbocycles. The molecule has 9 aliphatic rings. The topological polar surface area (TPSA) is 851 Å². The van der Waals surface area contributed by atoms with Crippen LogP contribution in [0.4, 0.5) is 4.79 Å². The molecule has 0 saturated carbocycles. The first kappa shape index (κ1) is 94.7. The van der Waals surface area contributed by atoms with Crippen molar-refractivity contribution in [3.8, 4) is 0 Å². The molecule has 39 N–H and O–H groups in total. The second-order valence-electron chi connectivity index (χ2n) is 28.7. The van der Waals surface area contributed by atoms with Gasteiger partial charge >= 0.3 is 6.09 Å². The molecule has 662 valence electrons. The number of amides is 2. The fourth-order valence-corrected chi connectivity index (χ4v) is 14.4. The van der Waals surface area contributed by atoms with Gasteiger partial charge in [0.05, 0.1) is 115 Å². The molecule has 1 aromatic rings. The number of benzene rings is 1. The lowest BCUT2D eigenvalue weighted by atomic mass is 9.93. The maximum atomic E-state index is 12.8. The van der Waals surface area contributed by atoms with Crippen molar-refractivity contribution in [1.29, 1.82) is 0 Å². The van der Waals surface area contributed by atoms with E-state index >= 15 is 0 Å². The summed E-state index contributed by atoms with van der Waals surface area (Å²) in [6, 6.07) is -5.04. The molecule has 10 rings (SSSR count). The number of hydrogen-bond acceptors (Lipinski definition) is 48. The highest BCUT2D eigenvalue weighted by molar-refractivity contribution is 5.90. The number of aliphatic hydroxyl groups excluding tert-OH is 20. The van der Waals surface area contributed by atoms with Crippen LogP contribution in [-0.2, 0) is 90.1 Å². The molecular weight excluding hydrogens is 1560 g/mol. The molecule has 0 unspecified atom stereocenters. The summed E-state index contributed by atoms with van der Waals surface area (Å²) in [5.74, 6) is -0.422. The summed E-state index contributed by atoms with van der Waals surface area (Å²) in [5.41, 5.74) is 56.1. The number of carbonyl (C=O) groups is 2. The van der Waals surface area contributed by atoms with Gasteiger partial charge in [0, 0.05) is 6.08 Å². The van der Waals surface area contributed by atoms with Crippen LogP contribution in [0.5, 0.6) is 0 Å². The first-order chi connectivity index (χ1) is 54.7. The van der Waals surface area contributed by atoms with Crippen LogP contribution in [0.1, 0.15) is 5.56 Å². The number of hydrogen-bond donors (Lipinski definition) is 30. The zero-order valence-electron chi connectivity index (χ0n) is 61.7. The van der Waals surface area contributed by atoms with E-state index in [0.717, 1.165) is 12.7 Å². The highest BCUT2D eigenvalue weighted by Crippen LogP contribution is 2.39. The Kier molecular flexibility index (Phi) is 35.1. The molecule has 50 nitrogen and oxygen atoms in total. The van der Waals surface area contributed by atoms with E-state index in [1.165, 1.54) is 6.08 Å². The number of nitrogens with one attached hydrogen (secondary N) is 1. The van der Waals surface area contributed by atoms with E-state index < -0.39 is 347 Å². The second-order valence-corrected chi connectivity index (χ2v) is 28.7. The molecular formula is C65H112N10O40. The Hall–Kier alpha value is -4.10. The predicted octanol–water partition coefficient (Wildman–Crippen LogP) is -19.3. The fourth-order valence-electron chi connectivity index (χ4n) is 14.4. The van der Waals surface area contributed by atoms with Crippen molar-refractivity contribution >= 4 is 18.1 Å². The molecule has 115 heavy (non-hydrogen) atoms. The van der Waals surface area contributed by atoms with E-state index in [-0.39, 0.29) is 0 Å². The molecule has 9 saturated heterocycles. The number of carbonyl (C=O) groups excluding carboxylic acids is 2. The van der Waals surface area contributed by atoms with Gasteiger partial charge in [0.2, 0.25) is 5.91 Å². The minimum atomic E-state index is -2.04. The summed E-state index contributed by atoms with van der Waals surface area (Å²) < 4.78 is 104. The number of methoxy groups -OCH3 is 1. The van der Waals surface area contributed by atoms with E-state index in [2.05, 4.69) is 5.32 Å². The third-order valence-electron chi connectivity index (χ3n) is 21.1. The van der Waals surface area contributed by atoms with Crippen molar-refractivity contribution in [3.05, 3.63) is 42.0 Å². The van der Waals surface area contributed by atoms with Gasteiger partial charge in [-0.25, -0.2) is 4.79 Å². The molecule has 9 heterocycles. The molecule has 45 atom stereocenters. The van der Waals surface area contributed by atoms with Gasteiger partial charge in [-0.2, -0.15) is 0 Å². The predicted molar refractivity (Wildman–Crippen MR) is 371 cm³/mol. The summed E-state index contributed by atoms with van der Waals surface area (Å²) in [4.78, 5) is 23.1. The molecule has 0 bridgehead atoms. The van der Waals surface area contributed by atoms with Crippen molar-refractivity contribution in [3.63, 3.8) is 0 Å². The Morgan fingerprint density at radius 3 is 0.835 bits per heavy atom. The Morgan fingerprint density at radius 1 is 0.330 bits per heavy atom. The van der Waals surface area contributed by atoms with Gasteiger partial charge in [-0.3, -0.25) is 4.79 Å². The van der Waals surface area contributed by atoms with Crippen molar-refractivity contribution in [2.75, 3.05) is 66.6 Å². The first-order valence-electron chi connectivity index (χ1n) is 36.7. The third-order valence-corrected chi connectivity index (χ3v) is 21.1. The number of ether oxygens (including phenoxy) is 18. The van der Waals surface area contributed by atoms with Crippen molar-refractivity contribution in [2.45, 2.75) is 276 Å². The minimum Gasteiger partial charge on any atom is -0.453 e.